The van der Waals surface area contributed by atoms with Crippen LogP contribution in [0.25, 0.3) is 11.2 Å². The fraction of sp³-hybridized carbons (Fsp3) is 0.400. The first-order valence-corrected chi connectivity index (χ1v) is 5.39. The van der Waals surface area contributed by atoms with Crippen LogP contribution in [0.2, 0.25) is 0 Å². The summed E-state index contributed by atoms with van der Waals surface area (Å²) in [5, 5.41) is 11.4. The maximum atomic E-state index is 10.5. The highest BCUT2D eigenvalue weighted by atomic mass is 16.4. The van der Waals surface area contributed by atoms with Gasteiger partial charge in [0.25, 0.3) is 0 Å². The lowest BCUT2D eigenvalue weighted by molar-refractivity contribution is -0.134. The van der Waals surface area contributed by atoms with Gasteiger partial charge in [-0.3, -0.25) is 4.79 Å². The molecule has 2 aromatic rings. The molecule has 2 heterocycles. The molecule has 1 aliphatic rings. The van der Waals surface area contributed by atoms with Crippen LogP contribution in [-0.4, -0.2) is 37.1 Å². The Morgan fingerprint density at radius 1 is 1.47 bits per heavy atom. The van der Waals surface area contributed by atoms with Crippen LogP contribution in [0.4, 0.5) is 5.82 Å². The van der Waals surface area contributed by atoms with E-state index in [1.807, 2.05) is 4.57 Å². The molecule has 0 radical (unpaired) electrons. The van der Waals surface area contributed by atoms with E-state index in [9.17, 15) is 4.79 Å². The molecule has 88 valence electrons. The van der Waals surface area contributed by atoms with E-state index < -0.39 is 5.97 Å². The van der Waals surface area contributed by atoms with E-state index >= 15 is 0 Å². The van der Waals surface area contributed by atoms with Crippen molar-refractivity contribution in [3.63, 3.8) is 0 Å². The number of carboxylic acid groups (broad SMARTS) is 1. The molecule has 0 atom stereocenters. The topological polar surface area (TPSA) is 92.9 Å². The maximum Gasteiger partial charge on any atom is 0.322 e. The molecular formula is C10H11N5O2. The smallest absolute Gasteiger partial charge is 0.322 e. The van der Waals surface area contributed by atoms with Crippen LogP contribution >= 0.6 is 0 Å². The van der Waals surface area contributed by atoms with Crippen molar-refractivity contribution >= 4 is 23.0 Å². The van der Waals surface area contributed by atoms with Crippen molar-refractivity contribution in [3.8, 4) is 0 Å². The predicted octanol–water partition coefficient (Wildman–Crippen LogP) is 0.658. The van der Waals surface area contributed by atoms with E-state index in [0.717, 1.165) is 18.5 Å². The minimum atomic E-state index is -0.932. The van der Waals surface area contributed by atoms with Crippen LogP contribution < -0.4 is 5.32 Å². The summed E-state index contributed by atoms with van der Waals surface area (Å²) in [6.07, 6.45) is 5.46. The summed E-state index contributed by atoms with van der Waals surface area (Å²) in [6.45, 7) is -0.178. The van der Waals surface area contributed by atoms with Gasteiger partial charge in [-0.15, -0.1) is 0 Å². The number of hydrogen-bond donors (Lipinski definition) is 2. The Balaban J connectivity index is 1.98. The summed E-state index contributed by atoms with van der Waals surface area (Å²) in [4.78, 5) is 22.9. The minimum Gasteiger partial charge on any atom is -0.480 e. The average Bonchev–Trinajstić information content (AvgIpc) is 3.06. The molecule has 1 saturated carbocycles. The molecule has 0 spiro atoms. The second-order valence-electron chi connectivity index (χ2n) is 4.02. The molecule has 1 fully saturated rings. The third-order valence-corrected chi connectivity index (χ3v) is 2.71. The van der Waals surface area contributed by atoms with Crippen molar-refractivity contribution in [3.05, 3.63) is 12.7 Å². The molecule has 0 aromatic carbocycles. The zero-order valence-electron chi connectivity index (χ0n) is 9.00. The van der Waals surface area contributed by atoms with E-state index in [-0.39, 0.29) is 6.54 Å². The number of aliphatic carboxylic acids is 1. The Morgan fingerprint density at radius 2 is 2.29 bits per heavy atom. The van der Waals surface area contributed by atoms with Gasteiger partial charge in [0.1, 0.15) is 18.4 Å². The van der Waals surface area contributed by atoms with Gasteiger partial charge in [-0.2, -0.15) is 0 Å². The molecular weight excluding hydrogens is 222 g/mol. The summed E-state index contributed by atoms with van der Waals surface area (Å²) < 4.78 is 2.02. The molecule has 0 unspecified atom stereocenters. The Bertz CT molecular complexity index is 575. The molecule has 7 nitrogen and oxygen atoms in total. The van der Waals surface area contributed by atoms with Gasteiger partial charge in [0.05, 0.1) is 6.33 Å². The standard InChI is InChI=1S/C10H11N5O2/c16-7(17)3-11-9-8-10(13-4-12-9)15(5-14-8)6-1-2-6/h4-6H,1-3H2,(H,16,17)(H,11,12,13). The zero-order chi connectivity index (χ0) is 11.8. The highest BCUT2D eigenvalue weighted by Gasteiger charge is 2.26. The van der Waals surface area contributed by atoms with Crippen molar-refractivity contribution in [1.29, 1.82) is 0 Å². The number of fused-ring (bicyclic) bond motifs is 1. The normalized spacial score (nSPS) is 15.1. The number of aromatic nitrogens is 4. The maximum absolute atomic E-state index is 10.5. The number of carbonyl (C=O) groups is 1. The molecule has 0 bridgehead atoms. The highest BCUT2D eigenvalue weighted by Crippen LogP contribution is 2.37. The molecule has 2 aromatic heterocycles. The average molecular weight is 233 g/mol. The number of nitrogens with zero attached hydrogens (tertiary/aromatic N) is 4. The highest BCUT2D eigenvalue weighted by molar-refractivity contribution is 5.84. The third-order valence-electron chi connectivity index (χ3n) is 2.71. The lowest BCUT2D eigenvalue weighted by Gasteiger charge is -2.03. The molecule has 3 rings (SSSR count). The molecule has 17 heavy (non-hydrogen) atoms. The number of imidazole rings is 1. The van der Waals surface area contributed by atoms with Crippen LogP contribution in [0.3, 0.4) is 0 Å². The van der Waals surface area contributed by atoms with Crippen molar-refractivity contribution in [2.45, 2.75) is 18.9 Å². The van der Waals surface area contributed by atoms with E-state index in [1.54, 1.807) is 6.33 Å². The summed E-state index contributed by atoms with van der Waals surface area (Å²) in [5.74, 6) is -0.463. The number of rotatable bonds is 4. The van der Waals surface area contributed by atoms with E-state index in [0.29, 0.717) is 17.4 Å². The van der Waals surface area contributed by atoms with Crippen molar-refractivity contribution in [2.24, 2.45) is 0 Å². The first-order valence-electron chi connectivity index (χ1n) is 5.39. The second-order valence-corrected chi connectivity index (χ2v) is 4.02. The molecule has 1 aliphatic carbocycles. The van der Waals surface area contributed by atoms with E-state index in [4.69, 9.17) is 5.11 Å². The Kier molecular flexibility index (Phi) is 2.17. The van der Waals surface area contributed by atoms with Gasteiger partial charge in [-0.05, 0) is 12.8 Å². The van der Waals surface area contributed by atoms with E-state index in [2.05, 4.69) is 20.3 Å². The van der Waals surface area contributed by atoms with Gasteiger partial charge < -0.3 is 15.0 Å². The Hall–Kier alpha value is -2.18. The quantitative estimate of drug-likeness (QED) is 0.805. The van der Waals surface area contributed by atoms with Gasteiger partial charge in [0.2, 0.25) is 0 Å². The molecule has 0 amide bonds. The lowest BCUT2D eigenvalue weighted by Crippen LogP contribution is -2.13. The van der Waals surface area contributed by atoms with Crippen LogP contribution in [0.1, 0.15) is 18.9 Å². The van der Waals surface area contributed by atoms with Crippen LogP contribution in [-0.2, 0) is 4.79 Å². The van der Waals surface area contributed by atoms with Gasteiger partial charge in [-0.1, -0.05) is 0 Å². The van der Waals surface area contributed by atoms with Gasteiger partial charge >= 0.3 is 5.97 Å². The van der Waals surface area contributed by atoms with Crippen molar-refractivity contribution < 1.29 is 9.90 Å². The molecule has 7 heteroatoms. The molecule has 2 N–H and O–H groups in total. The predicted molar refractivity (Wildman–Crippen MR) is 59.7 cm³/mol. The first kappa shape index (κ1) is 10.0. The number of hydrogen-bond acceptors (Lipinski definition) is 5. The number of anilines is 1. The molecule has 0 saturated heterocycles. The minimum absolute atomic E-state index is 0.178. The molecule has 0 aliphatic heterocycles. The SMILES string of the molecule is O=C(O)CNc1ncnc2c1ncn2C1CC1. The fourth-order valence-corrected chi connectivity index (χ4v) is 1.76. The third kappa shape index (κ3) is 1.79. The van der Waals surface area contributed by atoms with Gasteiger partial charge in [0, 0.05) is 6.04 Å². The summed E-state index contributed by atoms with van der Waals surface area (Å²) in [6, 6.07) is 0.488. The lowest BCUT2D eigenvalue weighted by atomic mass is 10.4. The summed E-state index contributed by atoms with van der Waals surface area (Å²) >= 11 is 0. The zero-order valence-corrected chi connectivity index (χ0v) is 9.00. The number of carboxylic acids is 1. The largest absolute Gasteiger partial charge is 0.480 e. The van der Waals surface area contributed by atoms with Crippen LogP contribution in [0.15, 0.2) is 12.7 Å². The van der Waals surface area contributed by atoms with Crippen molar-refractivity contribution in [1.82, 2.24) is 19.5 Å². The van der Waals surface area contributed by atoms with E-state index in [1.165, 1.54) is 6.33 Å². The summed E-state index contributed by atoms with van der Waals surface area (Å²) in [5.41, 5.74) is 1.39. The van der Waals surface area contributed by atoms with Crippen LogP contribution in [0, 0.1) is 0 Å². The fourth-order valence-electron chi connectivity index (χ4n) is 1.76. The van der Waals surface area contributed by atoms with Gasteiger partial charge in [0.15, 0.2) is 11.5 Å². The number of nitrogens with one attached hydrogen (secondary N) is 1. The summed E-state index contributed by atoms with van der Waals surface area (Å²) in [7, 11) is 0. The van der Waals surface area contributed by atoms with Crippen LogP contribution in [0.5, 0.6) is 0 Å². The second kappa shape index (κ2) is 3.69. The van der Waals surface area contributed by atoms with Gasteiger partial charge in [-0.25, -0.2) is 15.0 Å². The monoisotopic (exact) mass is 233 g/mol. The van der Waals surface area contributed by atoms with Crippen molar-refractivity contribution in [2.75, 3.05) is 11.9 Å². The Morgan fingerprint density at radius 3 is 3.00 bits per heavy atom. The Labute approximate surface area is 96.5 Å². The first-order chi connectivity index (χ1) is 8.25.